The van der Waals surface area contributed by atoms with Crippen LogP contribution in [0.1, 0.15) is 25.8 Å². The summed E-state index contributed by atoms with van der Waals surface area (Å²) >= 11 is 5.72. The average Bonchev–Trinajstić information content (AvgIpc) is 2.23. The second-order valence-corrected chi connectivity index (χ2v) is 3.96. The fourth-order valence-electron chi connectivity index (χ4n) is 1.03. The molecule has 1 N–H and O–H groups in total. The zero-order chi connectivity index (χ0) is 11.5. The molecule has 80 valence electrons. The second-order valence-electron chi connectivity index (χ2n) is 3.63. The zero-order valence-corrected chi connectivity index (χ0v) is 9.89. The highest BCUT2D eigenvalue weighted by Gasteiger charge is 2.19. The van der Waals surface area contributed by atoms with E-state index in [0.717, 1.165) is 12.0 Å². The predicted octanol–water partition coefficient (Wildman–Crippen LogP) is 2.65. The molecule has 1 unspecified atom stereocenters. The van der Waals surface area contributed by atoms with Crippen LogP contribution in [0.25, 0.3) is 0 Å². The van der Waals surface area contributed by atoms with Gasteiger partial charge in [-0.05, 0) is 31.9 Å². The number of anilines is 1. The first-order valence-electron chi connectivity index (χ1n) is 4.76. The minimum absolute atomic E-state index is 0.221. The largest absolute Gasteiger partial charge is 0.354 e. The first kappa shape index (κ1) is 11.8. The van der Waals surface area contributed by atoms with Gasteiger partial charge in [0.2, 0.25) is 5.28 Å². The van der Waals surface area contributed by atoms with Crippen LogP contribution in [0, 0.1) is 19.3 Å². The molecule has 1 atom stereocenters. The van der Waals surface area contributed by atoms with E-state index >= 15 is 0 Å². The molecule has 0 spiro atoms. The Balaban J connectivity index is 2.99. The van der Waals surface area contributed by atoms with Crippen LogP contribution in [0.4, 0.5) is 5.82 Å². The van der Waals surface area contributed by atoms with Crippen LogP contribution >= 0.6 is 11.6 Å². The molecule has 0 bridgehead atoms. The van der Waals surface area contributed by atoms with Gasteiger partial charge < -0.3 is 5.32 Å². The zero-order valence-electron chi connectivity index (χ0n) is 9.13. The quantitative estimate of drug-likeness (QED) is 0.633. The highest BCUT2D eigenvalue weighted by atomic mass is 35.5. The molecular formula is C11H14ClN3. The van der Waals surface area contributed by atoms with Crippen molar-refractivity contribution in [3.63, 3.8) is 0 Å². The summed E-state index contributed by atoms with van der Waals surface area (Å²) in [6, 6.07) is 0. The Hall–Kier alpha value is -1.27. The molecule has 0 aliphatic rings. The van der Waals surface area contributed by atoms with Crippen molar-refractivity contribution in [1.29, 1.82) is 0 Å². The lowest BCUT2D eigenvalue weighted by Gasteiger charge is -2.24. The molecule has 1 aromatic heterocycles. The molecule has 0 aliphatic heterocycles. The van der Waals surface area contributed by atoms with Gasteiger partial charge in [-0.2, -0.15) is 0 Å². The molecule has 0 aromatic carbocycles. The van der Waals surface area contributed by atoms with Crippen LogP contribution in [0.2, 0.25) is 5.28 Å². The Morgan fingerprint density at radius 2 is 2.33 bits per heavy atom. The van der Waals surface area contributed by atoms with Gasteiger partial charge >= 0.3 is 0 Å². The van der Waals surface area contributed by atoms with E-state index < -0.39 is 5.54 Å². The standard InChI is InChI=1S/C11H14ClN3/c1-5-11(4,6-2)15-9-8(3)7-13-10(12)14-9/h1,7H,6H2,2-4H3,(H,13,14,15). The van der Waals surface area contributed by atoms with Gasteiger partial charge in [0.15, 0.2) is 0 Å². The Morgan fingerprint density at radius 1 is 1.67 bits per heavy atom. The highest BCUT2D eigenvalue weighted by molar-refractivity contribution is 6.28. The first-order valence-corrected chi connectivity index (χ1v) is 5.13. The summed E-state index contributed by atoms with van der Waals surface area (Å²) in [5.74, 6) is 3.40. The Labute approximate surface area is 95.3 Å². The molecule has 1 aromatic rings. The number of halogens is 1. The molecule has 0 radical (unpaired) electrons. The Morgan fingerprint density at radius 3 is 2.87 bits per heavy atom. The summed E-state index contributed by atoms with van der Waals surface area (Å²) in [7, 11) is 0. The third-order valence-electron chi connectivity index (χ3n) is 2.36. The normalized spacial score (nSPS) is 14.1. The van der Waals surface area contributed by atoms with Crippen molar-refractivity contribution in [2.75, 3.05) is 5.32 Å². The second kappa shape index (κ2) is 4.50. The van der Waals surface area contributed by atoms with E-state index in [4.69, 9.17) is 18.0 Å². The molecule has 0 aliphatic carbocycles. The number of hydrogen-bond acceptors (Lipinski definition) is 3. The molecule has 0 saturated carbocycles. The fraction of sp³-hybridized carbons (Fsp3) is 0.455. The molecular weight excluding hydrogens is 210 g/mol. The molecule has 1 heterocycles. The van der Waals surface area contributed by atoms with Crippen LogP contribution in [-0.2, 0) is 0 Å². The monoisotopic (exact) mass is 223 g/mol. The lowest BCUT2D eigenvalue weighted by molar-refractivity contribution is 0.630. The van der Waals surface area contributed by atoms with E-state index in [9.17, 15) is 0 Å². The topological polar surface area (TPSA) is 37.8 Å². The van der Waals surface area contributed by atoms with E-state index in [0.29, 0.717) is 5.82 Å². The van der Waals surface area contributed by atoms with Crippen molar-refractivity contribution in [2.45, 2.75) is 32.7 Å². The Bertz CT molecular complexity index is 397. The lowest BCUT2D eigenvalue weighted by Crippen LogP contribution is -2.32. The molecule has 15 heavy (non-hydrogen) atoms. The number of nitrogens with one attached hydrogen (secondary N) is 1. The minimum Gasteiger partial charge on any atom is -0.354 e. The van der Waals surface area contributed by atoms with E-state index in [-0.39, 0.29) is 5.28 Å². The van der Waals surface area contributed by atoms with Crippen LogP contribution in [0.15, 0.2) is 6.20 Å². The minimum atomic E-state index is -0.400. The number of rotatable bonds is 3. The fourth-order valence-corrected chi connectivity index (χ4v) is 1.17. The van der Waals surface area contributed by atoms with Crippen molar-refractivity contribution < 1.29 is 0 Å². The maximum atomic E-state index is 5.72. The first-order chi connectivity index (χ1) is 7.00. The van der Waals surface area contributed by atoms with Crippen LogP contribution < -0.4 is 5.32 Å². The smallest absolute Gasteiger partial charge is 0.224 e. The maximum Gasteiger partial charge on any atom is 0.224 e. The van der Waals surface area contributed by atoms with Crippen LogP contribution in [0.3, 0.4) is 0 Å². The highest BCUT2D eigenvalue weighted by Crippen LogP contribution is 2.19. The summed E-state index contributed by atoms with van der Waals surface area (Å²) in [6.07, 6.45) is 7.95. The number of aromatic nitrogens is 2. The van der Waals surface area contributed by atoms with E-state index in [1.165, 1.54) is 0 Å². The van der Waals surface area contributed by atoms with Crippen molar-refractivity contribution in [1.82, 2.24) is 9.97 Å². The van der Waals surface area contributed by atoms with Gasteiger partial charge in [-0.1, -0.05) is 12.8 Å². The molecule has 3 nitrogen and oxygen atoms in total. The predicted molar refractivity (Wildman–Crippen MR) is 62.9 cm³/mol. The van der Waals surface area contributed by atoms with Gasteiger partial charge in [-0.25, -0.2) is 9.97 Å². The summed E-state index contributed by atoms with van der Waals surface area (Å²) < 4.78 is 0. The molecule has 4 heteroatoms. The van der Waals surface area contributed by atoms with E-state index in [1.807, 2.05) is 20.8 Å². The lowest BCUT2D eigenvalue weighted by atomic mass is 10.0. The van der Waals surface area contributed by atoms with Crippen molar-refractivity contribution in [3.05, 3.63) is 17.0 Å². The SMILES string of the molecule is C#CC(C)(CC)Nc1nc(Cl)ncc1C. The summed E-state index contributed by atoms with van der Waals surface area (Å²) in [5, 5.41) is 3.41. The van der Waals surface area contributed by atoms with Gasteiger partial charge in [0.1, 0.15) is 5.82 Å². The van der Waals surface area contributed by atoms with Gasteiger partial charge in [-0.15, -0.1) is 6.42 Å². The maximum absolute atomic E-state index is 5.72. The average molecular weight is 224 g/mol. The third kappa shape index (κ3) is 2.84. The number of terminal acetylenes is 1. The van der Waals surface area contributed by atoms with Gasteiger partial charge in [0, 0.05) is 11.8 Å². The Kier molecular flexibility index (Phi) is 3.54. The van der Waals surface area contributed by atoms with Crippen LogP contribution in [0.5, 0.6) is 0 Å². The van der Waals surface area contributed by atoms with E-state index in [1.54, 1.807) is 6.20 Å². The van der Waals surface area contributed by atoms with Crippen molar-refractivity contribution >= 4 is 17.4 Å². The summed E-state index contributed by atoms with van der Waals surface area (Å²) in [6.45, 7) is 5.87. The molecule has 0 amide bonds. The van der Waals surface area contributed by atoms with Gasteiger partial charge in [0.25, 0.3) is 0 Å². The van der Waals surface area contributed by atoms with Crippen molar-refractivity contribution in [3.8, 4) is 12.3 Å². The van der Waals surface area contributed by atoms with Crippen LogP contribution in [-0.4, -0.2) is 15.5 Å². The van der Waals surface area contributed by atoms with Crippen molar-refractivity contribution in [2.24, 2.45) is 0 Å². The molecule has 0 fully saturated rings. The van der Waals surface area contributed by atoms with E-state index in [2.05, 4.69) is 21.2 Å². The number of hydrogen-bond donors (Lipinski definition) is 1. The summed E-state index contributed by atoms with van der Waals surface area (Å²) in [5.41, 5.74) is 0.525. The number of aryl methyl sites for hydroxylation is 1. The van der Waals surface area contributed by atoms with Gasteiger partial charge in [-0.3, -0.25) is 0 Å². The third-order valence-corrected chi connectivity index (χ3v) is 2.54. The molecule has 1 rings (SSSR count). The summed E-state index contributed by atoms with van der Waals surface area (Å²) in [4.78, 5) is 7.98. The van der Waals surface area contributed by atoms with Gasteiger partial charge in [0.05, 0.1) is 5.54 Å². The molecule has 0 saturated heterocycles. The number of nitrogens with zero attached hydrogens (tertiary/aromatic N) is 2.